The third-order valence-electron chi connectivity index (χ3n) is 2.74. The molecule has 0 aliphatic rings. The normalized spacial score (nSPS) is 13.1. The van der Waals surface area contributed by atoms with Gasteiger partial charge in [0.2, 0.25) is 10.0 Å². The van der Waals surface area contributed by atoms with Crippen molar-refractivity contribution in [2.45, 2.75) is 13.0 Å². The number of hydrogen-bond donors (Lipinski definition) is 2. The van der Waals surface area contributed by atoms with E-state index < -0.39 is 10.0 Å². The fraction of sp³-hybridized carbons (Fsp3) is 0.500. The van der Waals surface area contributed by atoms with Gasteiger partial charge in [-0.05, 0) is 25.1 Å². The van der Waals surface area contributed by atoms with Crippen molar-refractivity contribution in [2.75, 3.05) is 26.5 Å². The Morgan fingerprint density at radius 2 is 2.00 bits per heavy atom. The van der Waals surface area contributed by atoms with E-state index in [0.29, 0.717) is 0 Å². The molecule has 3 N–H and O–H groups in total. The molecular weight excluding hydrogens is 268 g/mol. The lowest BCUT2D eigenvalue weighted by Gasteiger charge is -2.18. The second-order valence-electron chi connectivity index (χ2n) is 4.15. The van der Waals surface area contributed by atoms with Crippen molar-refractivity contribution in [3.63, 3.8) is 0 Å². The smallest absolute Gasteiger partial charge is 0.210 e. The first kappa shape index (κ1) is 15.7. The van der Waals surface area contributed by atoms with E-state index in [4.69, 9.17) is 14.6 Å². The molecule has 19 heavy (non-hydrogen) atoms. The Morgan fingerprint density at radius 3 is 2.53 bits per heavy atom. The molecule has 1 rings (SSSR count). The van der Waals surface area contributed by atoms with Gasteiger partial charge in [0.05, 0.1) is 20.0 Å². The number of benzene rings is 1. The van der Waals surface area contributed by atoms with E-state index in [-0.39, 0.29) is 18.3 Å². The SMILES string of the molecule is COc1ccc(OC)c(C(C)NCCS(N)(=O)=O)c1. The number of rotatable bonds is 7. The summed E-state index contributed by atoms with van der Waals surface area (Å²) in [6, 6.07) is 5.39. The lowest BCUT2D eigenvalue weighted by Crippen LogP contribution is -2.29. The maximum absolute atomic E-state index is 10.9. The number of primary sulfonamides is 1. The largest absolute Gasteiger partial charge is 0.497 e. The van der Waals surface area contributed by atoms with Gasteiger partial charge in [-0.15, -0.1) is 0 Å². The maximum Gasteiger partial charge on any atom is 0.210 e. The minimum Gasteiger partial charge on any atom is -0.497 e. The summed E-state index contributed by atoms with van der Waals surface area (Å²) >= 11 is 0. The van der Waals surface area contributed by atoms with Gasteiger partial charge in [-0.1, -0.05) is 0 Å². The van der Waals surface area contributed by atoms with Crippen LogP contribution in [-0.2, 0) is 10.0 Å². The van der Waals surface area contributed by atoms with Gasteiger partial charge < -0.3 is 14.8 Å². The van der Waals surface area contributed by atoms with Crippen molar-refractivity contribution >= 4 is 10.0 Å². The first-order valence-electron chi connectivity index (χ1n) is 5.83. The number of hydrogen-bond acceptors (Lipinski definition) is 5. The number of nitrogens with one attached hydrogen (secondary N) is 1. The van der Waals surface area contributed by atoms with E-state index >= 15 is 0 Å². The molecule has 0 aliphatic carbocycles. The second-order valence-corrected chi connectivity index (χ2v) is 5.88. The molecule has 6 nitrogen and oxygen atoms in total. The van der Waals surface area contributed by atoms with E-state index in [1.807, 2.05) is 19.1 Å². The number of nitrogens with two attached hydrogens (primary N) is 1. The molecule has 108 valence electrons. The van der Waals surface area contributed by atoms with Crippen LogP contribution in [0.4, 0.5) is 0 Å². The zero-order valence-electron chi connectivity index (χ0n) is 11.3. The average molecular weight is 288 g/mol. The highest BCUT2D eigenvalue weighted by Crippen LogP contribution is 2.28. The molecule has 1 atom stereocenters. The highest BCUT2D eigenvalue weighted by molar-refractivity contribution is 7.89. The molecule has 0 heterocycles. The Bertz CT molecular complexity index is 516. The molecule has 0 aromatic heterocycles. The molecule has 0 fully saturated rings. The molecule has 1 unspecified atom stereocenters. The van der Waals surface area contributed by atoms with Crippen molar-refractivity contribution in [3.05, 3.63) is 23.8 Å². The van der Waals surface area contributed by atoms with Crippen LogP contribution < -0.4 is 19.9 Å². The van der Waals surface area contributed by atoms with E-state index in [2.05, 4.69) is 5.32 Å². The Morgan fingerprint density at radius 1 is 1.32 bits per heavy atom. The van der Waals surface area contributed by atoms with Crippen LogP contribution in [0.5, 0.6) is 11.5 Å². The van der Waals surface area contributed by atoms with Crippen LogP contribution in [-0.4, -0.2) is 34.9 Å². The first-order valence-corrected chi connectivity index (χ1v) is 7.54. The van der Waals surface area contributed by atoms with Crippen LogP contribution in [0.2, 0.25) is 0 Å². The molecular formula is C12H20N2O4S. The first-order chi connectivity index (χ1) is 8.87. The van der Waals surface area contributed by atoms with Gasteiger partial charge in [-0.3, -0.25) is 0 Å². The van der Waals surface area contributed by atoms with Gasteiger partial charge in [0, 0.05) is 18.2 Å². The highest BCUT2D eigenvalue weighted by Gasteiger charge is 2.13. The summed E-state index contributed by atoms with van der Waals surface area (Å²) in [7, 11) is -0.275. The van der Waals surface area contributed by atoms with E-state index in [0.717, 1.165) is 17.1 Å². The van der Waals surface area contributed by atoms with Crippen molar-refractivity contribution in [1.82, 2.24) is 5.32 Å². The van der Waals surface area contributed by atoms with Gasteiger partial charge in [-0.2, -0.15) is 0 Å². The van der Waals surface area contributed by atoms with Crippen molar-refractivity contribution in [1.29, 1.82) is 0 Å². The molecule has 1 aromatic rings. The van der Waals surface area contributed by atoms with Gasteiger partial charge >= 0.3 is 0 Å². The van der Waals surface area contributed by atoms with Crippen LogP contribution in [0.3, 0.4) is 0 Å². The monoisotopic (exact) mass is 288 g/mol. The number of sulfonamides is 1. The lowest BCUT2D eigenvalue weighted by molar-refractivity contribution is 0.392. The maximum atomic E-state index is 10.9. The van der Waals surface area contributed by atoms with E-state index in [1.165, 1.54) is 0 Å². The summed E-state index contributed by atoms with van der Waals surface area (Å²) in [6.45, 7) is 2.20. The predicted molar refractivity (Wildman–Crippen MR) is 73.9 cm³/mol. The minimum absolute atomic E-state index is 0.0770. The average Bonchev–Trinajstić information content (AvgIpc) is 2.36. The third kappa shape index (κ3) is 5.06. The summed E-state index contributed by atoms with van der Waals surface area (Å²) in [4.78, 5) is 0. The Balaban J connectivity index is 2.77. The Kier molecular flexibility index (Phi) is 5.59. The molecule has 1 aromatic carbocycles. The van der Waals surface area contributed by atoms with Crippen molar-refractivity contribution in [3.8, 4) is 11.5 Å². The summed E-state index contributed by atoms with van der Waals surface area (Å²) in [5.74, 6) is 1.33. The van der Waals surface area contributed by atoms with Crippen molar-refractivity contribution in [2.24, 2.45) is 5.14 Å². The predicted octanol–water partition coefficient (Wildman–Crippen LogP) is 0.643. The summed E-state index contributed by atoms with van der Waals surface area (Å²) in [6.07, 6.45) is 0. The molecule has 0 spiro atoms. The standard InChI is InChI=1S/C12H20N2O4S/c1-9(14-6-7-19(13,15)16)11-8-10(17-2)4-5-12(11)18-3/h4-5,8-9,14H,6-7H2,1-3H3,(H2,13,15,16). The van der Waals surface area contributed by atoms with Gasteiger partial charge in [-0.25, -0.2) is 13.6 Å². The molecule has 0 aliphatic heterocycles. The molecule has 7 heteroatoms. The van der Waals surface area contributed by atoms with Gasteiger partial charge in [0.1, 0.15) is 11.5 Å². The molecule has 0 amide bonds. The molecule has 0 saturated carbocycles. The van der Waals surface area contributed by atoms with Crippen LogP contribution in [0.1, 0.15) is 18.5 Å². The molecule has 0 bridgehead atoms. The van der Waals surface area contributed by atoms with Crippen molar-refractivity contribution < 1.29 is 17.9 Å². The molecule has 0 saturated heterocycles. The zero-order chi connectivity index (χ0) is 14.5. The third-order valence-corrected chi connectivity index (χ3v) is 3.51. The van der Waals surface area contributed by atoms with Gasteiger partial charge in [0.15, 0.2) is 0 Å². The van der Waals surface area contributed by atoms with E-state index in [1.54, 1.807) is 20.3 Å². The van der Waals surface area contributed by atoms with Gasteiger partial charge in [0.25, 0.3) is 0 Å². The fourth-order valence-corrected chi connectivity index (χ4v) is 2.11. The molecule has 0 radical (unpaired) electrons. The fourth-order valence-electron chi connectivity index (χ4n) is 1.71. The highest BCUT2D eigenvalue weighted by atomic mass is 32.2. The summed E-state index contributed by atoms with van der Waals surface area (Å²) < 4.78 is 32.2. The van der Waals surface area contributed by atoms with Crippen LogP contribution in [0.15, 0.2) is 18.2 Å². The number of methoxy groups -OCH3 is 2. The minimum atomic E-state index is -3.45. The Labute approximate surface area is 113 Å². The zero-order valence-corrected chi connectivity index (χ0v) is 12.2. The Hall–Kier alpha value is -1.31. The summed E-state index contributed by atoms with van der Waals surface area (Å²) in [5, 5.41) is 8.04. The lowest BCUT2D eigenvalue weighted by atomic mass is 10.1. The topological polar surface area (TPSA) is 90.7 Å². The van der Waals surface area contributed by atoms with Crippen LogP contribution in [0, 0.1) is 0 Å². The second kappa shape index (κ2) is 6.74. The number of ether oxygens (including phenoxy) is 2. The van der Waals surface area contributed by atoms with E-state index in [9.17, 15) is 8.42 Å². The summed E-state index contributed by atoms with van der Waals surface area (Å²) in [5.41, 5.74) is 0.899. The quantitative estimate of drug-likeness (QED) is 0.768. The van der Waals surface area contributed by atoms with Crippen LogP contribution >= 0.6 is 0 Å². The van der Waals surface area contributed by atoms with Crippen LogP contribution in [0.25, 0.3) is 0 Å².